The second-order valence-electron chi connectivity index (χ2n) is 2.38. The van der Waals surface area contributed by atoms with Crippen LogP contribution in [0.15, 0.2) is 29.2 Å². The van der Waals surface area contributed by atoms with Crippen LogP contribution in [0.4, 0.5) is 3.89 Å². The average molecular weight is 204 g/mol. The molecule has 0 aliphatic heterocycles. The summed E-state index contributed by atoms with van der Waals surface area (Å²) in [5, 5.41) is 17.3. The number of hydrogen-bond donors (Lipinski definition) is 2. The van der Waals surface area contributed by atoms with Gasteiger partial charge in [-0.2, -0.15) is 8.42 Å². The number of hydrogen-bond acceptors (Lipinski definition) is 4. The first-order valence-corrected chi connectivity index (χ1v) is 4.70. The molecule has 0 saturated heterocycles. The zero-order valence-corrected chi connectivity index (χ0v) is 7.20. The van der Waals surface area contributed by atoms with Gasteiger partial charge in [0.25, 0.3) is 0 Å². The zero-order valence-electron chi connectivity index (χ0n) is 6.38. The van der Waals surface area contributed by atoms with Crippen LogP contribution in [0.25, 0.3) is 0 Å². The van der Waals surface area contributed by atoms with Crippen LogP contribution in [0.5, 0.6) is 0 Å². The monoisotopic (exact) mass is 204 g/mol. The van der Waals surface area contributed by atoms with Crippen molar-refractivity contribution < 1.29 is 22.4 Å². The van der Waals surface area contributed by atoms with E-state index in [1.165, 1.54) is 12.1 Å². The molecule has 0 aliphatic rings. The van der Waals surface area contributed by atoms with Crippen LogP contribution in [0.3, 0.4) is 0 Å². The van der Waals surface area contributed by atoms with E-state index in [1.54, 1.807) is 0 Å². The maximum atomic E-state index is 12.4. The molecular weight excluding hydrogens is 198 g/mol. The molecule has 7 heteroatoms. The van der Waals surface area contributed by atoms with Gasteiger partial charge in [-0.3, -0.25) is 0 Å². The Morgan fingerprint density at radius 1 is 1.31 bits per heavy atom. The van der Waals surface area contributed by atoms with Crippen molar-refractivity contribution in [2.24, 2.45) is 0 Å². The van der Waals surface area contributed by atoms with E-state index in [2.05, 4.69) is 0 Å². The molecule has 0 fully saturated rings. The van der Waals surface area contributed by atoms with Crippen LogP contribution >= 0.6 is 0 Å². The van der Waals surface area contributed by atoms with E-state index >= 15 is 0 Å². The topological polar surface area (TPSA) is 74.6 Å². The molecule has 4 nitrogen and oxygen atoms in total. The Balaban J connectivity index is 3.21. The second-order valence-corrected chi connectivity index (χ2v) is 3.73. The quantitative estimate of drug-likeness (QED) is 0.479. The Labute approximate surface area is 75.0 Å². The molecule has 2 N–H and O–H groups in total. The fraction of sp³-hybridized carbons (Fsp3) is 0. The molecule has 13 heavy (non-hydrogen) atoms. The molecule has 0 spiro atoms. The van der Waals surface area contributed by atoms with Crippen LogP contribution in [-0.2, 0) is 10.2 Å². The molecule has 0 radical (unpaired) electrons. The lowest BCUT2D eigenvalue weighted by molar-refractivity contribution is 0.425. The maximum absolute atomic E-state index is 12.4. The van der Waals surface area contributed by atoms with Crippen LogP contribution < -0.4 is 5.46 Å². The highest BCUT2D eigenvalue weighted by Crippen LogP contribution is 2.09. The van der Waals surface area contributed by atoms with Crippen molar-refractivity contribution in [3.8, 4) is 0 Å². The van der Waals surface area contributed by atoms with Gasteiger partial charge in [0.1, 0.15) is 0 Å². The van der Waals surface area contributed by atoms with Crippen LogP contribution in [-0.4, -0.2) is 25.6 Å². The lowest BCUT2D eigenvalue weighted by atomic mass is 9.81. The Bertz CT molecular complexity index is 403. The summed E-state index contributed by atoms with van der Waals surface area (Å²) >= 11 is 0. The van der Waals surface area contributed by atoms with Gasteiger partial charge < -0.3 is 10.0 Å². The highest BCUT2D eigenvalue weighted by Gasteiger charge is 2.16. The predicted molar refractivity (Wildman–Crippen MR) is 44.6 cm³/mol. The summed E-state index contributed by atoms with van der Waals surface area (Å²) in [5.41, 5.74) is -0.0706. The van der Waals surface area contributed by atoms with Crippen molar-refractivity contribution in [3.63, 3.8) is 0 Å². The lowest BCUT2D eigenvalue weighted by Crippen LogP contribution is -2.29. The molecule has 0 aromatic heterocycles. The smallest absolute Gasteiger partial charge is 0.423 e. The summed E-state index contributed by atoms with van der Waals surface area (Å²) in [6.07, 6.45) is 0. The largest absolute Gasteiger partial charge is 0.488 e. The Morgan fingerprint density at radius 2 is 1.92 bits per heavy atom. The first-order valence-electron chi connectivity index (χ1n) is 3.32. The van der Waals surface area contributed by atoms with Gasteiger partial charge in [0.2, 0.25) is 0 Å². The van der Waals surface area contributed by atoms with Crippen molar-refractivity contribution in [3.05, 3.63) is 24.3 Å². The van der Waals surface area contributed by atoms with Crippen LogP contribution in [0, 0.1) is 0 Å². The summed E-state index contributed by atoms with van der Waals surface area (Å²) in [4.78, 5) is -0.585. The highest BCUT2D eigenvalue weighted by atomic mass is 32.3. The van der Waals surface area contributed by atoms with Crippen LogP contribution in [0.1, 0.15) is 0 Å². The molecule has 0 heterocycles. The molecule has 0 aliphatic carbocycles. The Morgan fingerprint density at radius 3 is 2.38 bits per heavy atom. The summed E-state index contributed by atoms with van der Waals surface area (Å²) in [6, 6.07) is 4.39. The lowest BCUT2D eigenvalue weighted by Gasteiger charge is -1.99. The molecule has 1 aromatic carbocycles. The van der Waals surface area contributed by atoms with E-state index in [0.717, 1.165) is 12.1 Å². The van der Waals surface area contributed by atoms with E-state index in [-0.39, 0.29) is 5.46 Å². The highest BCUT2D eigenvalue weighted by molar-refractivity contribution is 7.86. The number of rotatable bonds is 2. The molecule has 1 rings (SSSR count). The molecular formula is C6H6BFO4S. The van der Waals surface area contributed by atoms with Crippen LogP contribution in [0.2, 0.25) is 0 Å². The van der Waals surface area contributed by atoms with Crippen molar-refractivity contribution in [2.75, 3.05) is 0 Å². The molecule has 0 amide bonds. The Hall–Kier alpha value is -0.915. The summed E-state index contributed by atoms with van der Waals surface area (Å²) < 4.78 is 33.1. The molecule has 0 bridgehead atoms. The van der Waals surface area contributed by atoms with Gasteiger partial charge in [-0.1, -0.05) is 12.1 Å². The van der Waals surface area contributed by atoms with E-state index < -0.39 is 22.2 Å². The summed E-state index contributed by atoms with van der Waals surface area (Å²) in [6.45, 7) is 0. The van der Waals surface area contributed by atoms with Gasteiger partial charge in [0.05, 0.1) is 4.90 Å². The summed E-state index contributed by atoms with van der Waals surface area (Å²) in [7, 11) is -6.59. The third-order valence-corrected chi connectivity index (χ3v) is 2.25. The SMILES string of the molecule is O=S(=O)(F)c1cccc(B(O)O)c1. The molecule has 0 saturated carbocycles. The fourth-order valence-corrected chi connectivity index (χ4v) is 1.34. The van der Waals surface area contributed by atoms with E-state index in [4.69, 9.17) is 10.0 Å². The third kappa shape index (κ3) is 2.51. The number of benzene rings is 1. The third-order valence-electron chi connectivity index (χ3n) is 1.44. The Kier molecular flexibility index (Phi) is 2.70. The molecule has 0 atom stereocenters. The fourth-order valence-electron chi connectivity index (χ4n) is 0.827. The molecule has 0 unspecified atom stereocenters. The van der Waals surface area contributed by atoms with Gasteiger partial charge in [-0.05, 0) is 17.6 Å². The summed E-state index contributed by atoms with van der Waals surface area (Å²) in [5.74, 6) is 0. The molecule has 1 aromatic rings. The van der Waals surface area contributed by atoms with Crippen molar-refractivity contribution in [1.82, 2.24) is 0 Å². The minimum atomic E-state index is -4.78. The first-order chi connectivity index (χ1) is 5.91. The predicted octanol–water partition coefficient (Wildman–Crippen LogP) is -0.975. The van der Waals surface area contributed by atoms with E-state index in [9.17, 15) is 12.3 Å². The van der Waals surface area contributed by atoms with Crippen molar-refractivity contribution in [2.45, 2.75) is 4.90 Å². The van der Waals surface area contributed by atoms with Gasteiger partial charge in [-0.15, -0.1) is 3.89 Å². The first kappa shape index (κ1) is 10.2. The van der Waals surface area contributed by atoms with E-state index in [0.29, 0.717) is 0 Å². The van der Waals surface area contributed by atoms with Crippen molar-refractivity contribution >= 4 is 22.8 Å². The van der Waals surface area contributed by atoms with Gasteiger partial charge in [-0.25, -0.2) is 0 Å². The van der Waals surface area contributed by atoms with E-state index in [1.807, 2.05) is 0 Å². The average Bonchev–Trinajstić information content (AvgIpc) is 2.03. The number of halogens is 1. The minimum Gasteiger partial charge on any atom is -0.423 e. The van der Waals surface area contributed by atoms with Gasteiger partial charge in [0.15, 0.2) is 0 Å². The standard InChI is InChI=1S/C6H6BFO4S/c8-13(11,12)6-3-1-2-5(4-6)7(9)10/h1-4,9-10H. The molecule has 70 valence electrons. The van der Waals surface area contributed by atoms with Gasteiger partial charge >= 0.3 is 17.3 Å². The normalized spacial score (nSPS) is 11.3. The second kappa shape index (κ2) is 3.45. The maximum Gasteiger partial charge on any atom is 0.488 e. The zero-order chi connectivity index (χ0) is 10.1. The van der Waals surface area contributed by atoms with Crippen molar-refractivity contribution in [1.29, 1.82) is 0 Å². The minimum absolute atomic E-state index is 0.0706. The van der Waals surface area contributed by atoms with Gasteiger partial charge in [0, 0.05) is 0 Å².